The predicted octanol–water partition coefficient (Wildman–Crippen LogP) is 5.85. The predicted molar refractivity (Wildman–Crippen MR) is 133 cm³/mol. The Morgan fingerprint density at radius 2 is 1.38 bits per heavy atom. The molecular formula is C29H30N2O3. The number of carbonyl (C=O) groups excluding carboxylic acids is 1. The number of hydrazone groups is 1. The maximum atomic E-state index is 13.9. The van der Waals surface area contributed by atoms with Crippen LogP contribution in [-0.2, 0) is 4.79 Å². The van der Waals surface area contributed by atoms with Crippen molar-refractivity contribution in [3.05, 3.63) is 95.6 Å². The fraction of sp³-hybridized carbons (Fsp3) is 0.310. The van der Waals surface area contributed by atoms with Gasteiger partial charge < -0.3 is 9.47 Å². The molecule has 5 nitrogen and oxygen atoms in total. The molecule has 174 valence electrons. The SMILES string of the molecule is COc1ccc(C2=NN(C(c3ccccc3)c3ccccc3)C(=O)[C@H]3CCCC[C@@H]23)cc1OC. The monoisotopic (exact) mass is 454 g/mol. The second kappa shape index (κ2) is 9.72. The molecule has 1 fully saturated rings. The summed E-state index contributed by atoms with van der Waals surface area (Å²) in [7, 11) is 3.28. The standard InChI is InChI=1S/C29H30N2O3/c1-33-25-18-17-22(19-26(25)34-2)27-23-15-9-10-16-24(23)29(32)31(30-27)28(20-11-5-3-6-12-20)21-13-7-4-8-14-21/h3-8,11-14,17-19,23-24,28H,9-10,15-16H2,1-2H3/t23-,24+/m1/s1. The molecule has 5 rings (SSSR count). The quantitative estimate of drug-likeness (QED) is 0.470. The van der Waals surface area contributed by atoms with E-state index in [4.69, 9.17) is 14.6 Å². The molecule has 1 heterocycles. The molecule has 0 bridgehead atoms. The van der Waals surface area contributed by atoms with Crippen molar-refractivity contribution in [2.24, 2.45) is 16.9 Å². The molecule has 2 atom stereocenters. The van der Waals surface area contributed by atoms with Gasteiger partial charge in [-0.2, -0.15) is 5.10 Å². The molecule has 0 unspecified atom stereocenters. The van der Waals surface area contributed by atoms with Crippen LogP contribution < -0.4 is 9.47 Å². The number of carbonyl (C=O) groups is 1. The van der Waals surface area contributed by atoms with E-state index >= 15 is 0 Å². The first-order chi connectivity index (χ1) is 16.7. The Balaban J connectivity index is 1.67. The Kier molecular flexibility index (Phi) is 6.35. The van der Waals surface area contributed by atoms with Gasteiger partial charge in [-0.05, 0) is 42.2 Å². The number of amides is 1. The van der Waals surface area contributed by atoms with E-state index in [9.17, 15) is 4.79 Å². The van der Waals surface area contributed by atoms with E-state index in [2.05, 4.69) is 24.3 Å². The van der Waals surface area contributed by atoms with Crippen molar-refractivity contribution in [3.63, 3.8) is 0 Å². The lowest BCUT2D eigenvalue weighted by atomic mass is 9.73. The van der Waals surface area contributed by atoms with Crippen LogP contribution in [0, 0.1) is 11.8 Å². The topological polar surface area (TPSA) is 51.1 Å². The van der Waals surface area contributed by atoms with Gasteiger partial charge in [0.25, 0.3) is 0 Å². The van der Waals surface area contributed by atoms with Crippen LogP contribution in [-0.4, -0.2) is 30.8 Å². The first-order valence-electron chi connectivity index (χ1n) is 11.9. The number of methoxy groups -OCH3 is 2. The first kappa shape index (κ1) is 22.2. The summed E-state index contributed by atoms with van der Waals surface area (Å²) in [5, 5.41) is 6.84. The molecule has 1 saturated carbocycles. The Morgan fingerprint density at radius 3 is 1.97 bits per heavy atom. The van der Waals surface area contributed by atoms with E-state index in [-0.39, 0.29) is 23.8 Å². The second-order valence-corrected chi connectivity index (χ2v) is 8.96. The molecule has 34 heavy (non-hydrogen) atoms. The summed E-state index contributed by atoms with van der Waals surface area (Å²) in [6.45, 7) is 0. The van der Waals surface area contributed by atoms with E-state index in [1.54, 1.807) is 19.2 Å². The lowest BCUT2D eigenvalue weighted by Gasteiger charge is -2.41. The summed E-state index contributed by atoms with van der Waals surface area (Å²) in [6, 6.07) is 26.0. The summed E-state index contributed by atoms with van der Waals surface area (Å²) >= 11 is 0. The van der Waals surface area contributed by atoms with Gasteiger partial charge in [-0.15, -0.1) is 0 Å². The molecule has 0 N–H and O–H groups in total. The minimum atomic E-state index is -0.284. The number of hydrogen-bond donors (Lipinski definition) is 0. The molecule has 3 aromatic rings. The van der Waals surface area contributed by atoms with Crippen LogP contribution in [0.1, 0.15) is 48.4 Å². The van der Waals surface area contributed by atoms with Gasteiger partial charge in [0, 0.05) is 17.4 Å². The zero-order chi connectivity index (χ0) is 23.5. The van der Waals surface area contributed by atoms with Crippen molar-refractivity contribution >= 4 is 11.6 Å². The average Bonchev–Trinajstić information content (AvgIpc) is 2.91. The van der Waals surface area contributed by atoms with E-state index in [0.717, 1.165) is 48.1 Å². The van der Waals surface area contributed by atoms with E-state index in [0.29, 0.717) is 11.5 Å². The van der Waals surface area contributed by atoms with E-state index in [1.807, 2.05) is 54.6 Å². The Labute approximate surface area is 201 Å². The van der Waals surface area contributed by atoms with Crippen molar-refractivity contribution in [2.45, 2.75) is 31.7 Å². The summed E-state index contributed by atoms with van der Waals surface area (Å²) in [4.78, 5) is 13.9. The average molecular weight is 455 g/mol. The van der Waals surface area contributed by atoms with E-state index < -0.39 is 0 Å². The minimum Gasteiger partial charge on any atom is -0.493 e. The number of fused-ring (bicyclic) bond motifs is 1. The third-order valence-corrected chi connectivity index (χ3v) is 7.03. The van der Waals surface area contributed by atoms with Crippen LogP contribution >= 0.6 is 0 Å². The molecule has 0 spiro atoms. The normalized spacial score (nSPS) is 20.0. The summed E-state index contributed by atoms with van der Waals surface area (Å²) in [5.41, 5.74) is 4.03. The fourth-order valence-corrected chi connectivity index (χ4v) is 5.36. The first-order valence-corrected chi connectivity index (χ1v) is 11.9. The van der Waals surface area contributed by atoms with Gasteiger partial charge in [0.05, 0.1) is 19.9 Å². The maximum absolute atomic E-state index is 13.9. The number of benzene rings is 3. The van der Waals surface area contributed by atoms with Crippen LogP contribution in [0.5, 0.6) is 11.5 Å². The van der Waals surface area contributed by atoms with Crippen molar-refractivity contribution < 1.29 is 14.3 Å². The summed E-state index contributed by atoms with van der Waals surface area (Å²) < 4.78 is 11.0. The van der Waals surface area contributed by atoms with E-state index in [1.165, 1.54) is 0 Å². The maximum Gasteiger partial charge on any atom is 0.247 e. The molecule has 5 heteroatoms. The minimum absolute atomic E-state index is 0.0655. The Morgan fingerprint density at radius 1 is 0.794 bits per heavy atom. The van der Waals surface area contributed by atoms with Crippen molar-refractivity contribution in [2.75, 3.05) is 14.2 Å². The van der Waals surface area contributed by atoms with Gasteiger partial charge in [-0.3, -0.25) is 4.79 Å². The molecule has 3 aromatic carbocycles. The zero-order valence-corrected chi connectivity index (χ0v) is 19.7. The molecule has 2 aliphatic rings. The van der Waals surface area contributed by atoms with Gasteiger partial charge in [-0.1, -0.05) is 73.5 Å². The zero-order valence-electron chi connectivity index (χ0n) is 19.7. The smallest absolute Gasteiger partial charge is 0.247 e. The Bertz CT molecular complexity index is 1140. The molecule has 1 aliphatic heterocycles. The summed E-state index contributed by atoms with van der Waals surface area (Å²) in [6.07, 6.45) is 4.05. The van der Waals surface area contributed by atoms with Gasteiger partial charge >= 0.3 is 0 Å². The van der Waals surface area contributed by atoms with Crippen LogP contribution in [0.25, 0.3) is 0 Å². The third-order valence-electron chi connectivity index (χ3n) is 7.03. The van der Waals surface area contributed by atoms with Crippen molar-refractivity contribution in [1.82, 2.24) is 5.01 Å². The van der Waals surface area contributed by atoms with Crippen LogP contribution in [0.3, 0.4) is 0 Å². The highest BCUT2D eigenvalue weighted by molar-refractivity contribution is 6.07. The van der Waals surface area contributed by atoms with Gasteiger partial charge in [0.2, 0.25) is 5.91 Å². The molecule has 1 aliphatic carbocycles. The lowest BCUT2D eigenvalue weighted by molar-refractivity contribution is -0.140. The molecular weight excluding hydrogens is 424 g/mol. The highest BCUT2D eigenvalue weighted by Gasteiger charge is 2.44. The highest BCUT2D eigenvalue weighted by Crippen LogP contribution is 2.42. The van der Waals surface area contributed by atoms with Gasteiger partial charge in [0.1, 0.15) is 6.04 Å². The van der Waals surface area contributed by atoms with Gasteiger partial charge in [0.15, 0.2) is 11.5 Å². The van der Waals surface area contributed by atoms with Crippen molar-refractivity contribution in [3.8, 4) is 11.5 Å². The fourth-order valence-electron chi connectivity index (χ4n) is 5.36. The number of nitrogens with zero attached hydrogens (tertiary/aromatic N) is 2. The van der Waals surface area contributed by atoms with Crippen LogP contribution in [0.2, 0.25) is 0 Å². The number of hydrogen-bond acceptors (Lipinski definition) is 4. The lowest BCUT2D eigenvalue weighted by Crippen LogP contribution is -2.47. The van der Waals surface area contributed by atoms with Gasteiger partial charge in [-0.25, -0.2) is 5.01 Å². The molecule has 0 aromatic heterocycles. The Hall–Kier alpha value is -3.60. The molecule has 0 radical (unpaired) electrons. The number of ether oxygens (including phenoxy) is 2. The number of rotatable bonds is 6. The third kappa shape index (κ3) is 4.07. The molecule has 0 saturated heterocycles. The second-order valence-electron chi connectivity index (χ2n) is 8.96. The van der Waals surface area contributed by atoms with Crippen LogP contribution in [0.15, 0.2) is 84.0 Å². The highest BCUT2D eigenvalue weighted by atomic mass is 16.5. The molecule has 1 amide bonds. The van der Waals surface area contributed by atoms with Crippen LogP contribution in [0.4, 0.5) is 0 Å². The summed E-state index contributed by atoms with van der Waals surface area (Å²) in [5.74, 6) is 1.52. The van der Waals surface area contributed by atoms with Crippen molar-refractivity contribution in [1.29, 1.82) is 0 Å². The largest absolute Gasteiger partial charge is 0.493 e.